The number of carbonyl (C=O) groups is 1. The van der Waals surface area contributed by atoms with Gasteiger partial charge in [0.25, 0.3) is 0 Å². The van der Waals surface area contributed by atoms with Crippen molar-refractivity contribution in [1.82, 2.24) is 20.5 Å². The molecule has 0 saturated carbocycles. The molecule has 2 aromatic rings. The number of H-pyrrole nitrogens is 1. The molecule has 2 rings (SSSR count). The monoisotopic (exact) mass is 330 g/mol. The van der Waals surface area contributed by atoms with Crippen LogP contribution in [0, 0.1) is 12.8 Å². The van der Waals surface area contributed by atoms with Crippen molar-refractivity contribution in [3.63, 3.8) is 0 Å². The molecule has 0 bridgehead atoms. The maximum Gasteiger partial charge on any atom is 0.221 e. The van der Waals surface area contributed by atoms with Crippen LogP contribution >= 0.6 is 0 Å². The van der Waals surface area contributed by atoms with Crippen LogP contribution in [0.1, 0.15) is 56.4 Å². The summed E-state index contributed by atoms with van der Waals surface area (Å²) in [5.41, 5.74) is 1.08. The van der Waals surface area contributed by atoms with Crippen molar-refractivity contribution >= 4 is 5.91 Å². The minimum Gasteiger partial charge on any atom is -0.497 e. The van der Waals surface area contributed by atoms with Crippen molar-refractivity contribution in [1.29, 1.82) is 0 Å². The van der Waals surface area contributed by atoms with Crippen molar-refractivity contribution in [2.24, 2.45) is 5.92 Å². The summed E-state index contributed by atoms with van der Waals surface area (Å²) in [4.78, 5) is 16.8. The van der Waals surface area contributed by atoms with Crippen molar-refractivity contribution in [3.8, 4) is 5.75 Å². The molecule has 0 aliphatic heterocycles. The Bertz CT molecular complexity index is 681. The number of methoxy groups -OCH3 is 1. The molecule has 0 aliphatic rings. The Morgan fingerprint density at radius 2 is 2.08 bits per heavy atom. The maximum absolute atomic E-state index is 12.5. The highest BCUT2D eigenvalue weighted by atomic mass is 16.5. The molecular weight excluding hydrogens is 304 g/mol. The van der Waals surface area contributed by atoms with E-state index in [1.54, 1.807) is 7.11 Å². The fourth-order valence-electron chi connectivity index (χ4n) is 2.60. The predicted molar refractivity (Wildman–Crippen MR) is 92.9 cm³/mol. The Morgan fingerprint density at radius 3 is 2.67 bits per heavy atom. The van der Waals surface area contributed by atoms with E-state index < -0.39 is 0 Å². The third-order valence-corrected chi connectivity index (χ3v) is 4.03. The van der Waals surface area contributed by atoms with E-state index in [1.807, 2.05) is 52.0 Å². The van der Waals surface area contributed by atoms with Crippen molar-refractivity contribution < 1.29 is 9.53 Å². The van der Waals surface area contributed by atoms with Crippen molar-refractivity contribution in [3.05, 3.63) is 41.5 Å². The molecule has 2 N–H and O–H groups in total. The first-order valence-electron chi connectivity index (χ1n) is 8.23. The van der Waals surface area contributed by atoms with Gasteiger partial charge in [0.2, 0.25) is 5.91 Å². The molecule has 0 aliphatic carbocycles. The first-order valence-corrected chi connectivity index (χ1v) is 8.23. The Kier molecular flexibility index (Phi) is 5.95. The van der Waals surface area contributed by atoms with Crippen molar-refractivity contribution in [2.75, 3.05) is 7.11 Å². The largest absolute Gasteiger partial charge is 0.497 e. The van der Waals surface area contributed by atoms with E-state index in [4.69, 9.17) is 4.74 Å². The van der Waals surface area contributed by atoms with Crippen LogP contribution in [0.3, 0.4) is 0 Å². The van der Waals surface area contributed by atoms with Crippen LogP contribution in [0.2, 0.25) is 0 Å². The van der Waals surface area contributed by atoms with E-state index in [1.165, 1.54) is 0 Å². The summed E-state index contributed by atoms with van der Waals surface area (Å²) in [6, 6.07) is 7.63. The average molecular weight is 330 g/mol. The number of nitrogens with one attached hydrogen (secondary N) is 2. The zero-order valence-electron chi connectivity index (χ0n) is 15.0. The minimum atomic E-state index is -0.194. The van der Waals surface area contributed by atoms with E-state index in [0.717, 1.165) is 17.1 Å². The lowest BCUT2D eigenvalue weighted by Crippen LogP contribution is -2.33. The van der Waals surface area contributed by atoms with E-state index in [0.29, 0.717) is 12.2 Å². The van der Waals surface area contributed by atoms with Crippen LogP contribution in [0.15, 0.2) is 24.3 Å². The summed E-state index contributed by atoms with van der Waals surface area (Å²) in [6.07, 6.45) is 0.403. The minimum absolute atomic E-state index is 0.00790. The normalized spacial score (nSPS) is 13.6. The fourth-order valence-corrected chi connectivity index (χ4v) is 2.60. The number of aromatic nitrogens is 3. The number of amides is 1. The molecule has 2 atom stereocenters. The summed E-state index contributed by atoms with van der Waals surface area (Å²) < 4.78 is 5.25. The predicted octanol–water partition coefficient (Wildman–Crippen LogP) is 3.13. The Morgan fingerprint density at radius 1 is 1.33 bits per heavy atom. The lowest BCUT2D eigenvalue weighted by molar-refractivity contribution is -0.122. The number of hydrogen-bond donors (Lipinski definition) is 2. The number of aryl methyl sites for hydroxylation is 1. The summed E-state index contributed by atoms with van der Waals surface area (Å²) in [5, 5.41) is 10.1. The van der Waals surface area contributed by atoms with Gasteiger partial charge < -0.3 is 10.1 Å². The number of rotatable bonds is 7. The zero-order valence-corrected chi connectivity index (χ0v) is 15.0. The van der Waals surface area contributed by atoms with E-state index in [9.17, 15) is 4.79 Å². The van der Waals surface area contributed by atoms with Gasteiger partial charge in [-0.25, -0.2) is 4.98 Å². The van der Waals surface area contributed by atoms with E-state index >= 15 is 0 Å². The molecule has 6 nitrogen and oxygen atoms in total. The topological polar surface area (TPSA) is 79.9 Å². The molecule has 1 heterocycles. The number of carbonyl (C=O) groups excluding carboxylic acids is 1. The quantitative estimate of drug-likeness (QED) is 0.817. The Balaban J connectivity index is 2.02. The molecule has 1 amide bonds. The van der Waals surface area contributed by atoms with Crippen molar-refractivity contribution in [2.45, 2.75) is 46.1 Å². The highest BCUT2D eigenvalue weighted by Gasteiger charge is 2.23. The molecule has 0 saturated heterocycles. The van der Waals surface area contributed by atoms with Crippen LogP contribution in [-0.4, -0.2) is 28.2 Å². The van der Waals surface area contributed by atoms with Gasteiger partial charge in [-0.3, -0.25) is 9.89 Å². The molecule has 0 unspecified atom stereocenters. The summed E-state index contributed by atoms with van der Waals surface area (Å²) in [5.74, 6) is 2.47. The third kappa shape index (κ3) is 4.57. The number of ether oxygens (including phenoxy) is 1. The molecular formula is C18H26N4O2. The second-order valence-electron chi connectivity index (χ2n) is 6.45. The van der Waals surface area contributed by atoms with E-state index in [-0.39, 0.29) is 23.8 Å². The number of hydrogen-bond acceptors (Lipinski definition) is 4. The van der Waals surface area contributed by atoms with Gasteiger partial charge >= 0.3 is 0 Å². The number of aromatic amines is 1. The first-order chi connectivity index (χ1) is 11.4. The van der Waals surface area contributed by atoms with Crippen LogP contribution in [0.4, 0.5) is 0 Å². The first kappa shape index (κ1) is 18.0. The average Bonchev–Trinajstić information content (AvgIpc) is 2.98. The zero-order chi connectivity index (χ0) is 17.7. The van der Waals surface area contributed by atoms with Gasteiger partial charge in [0.15, 0.2) is 5.82 Å². The summed E-state index contributed by atoms with van der Waals surface area (Å²) in [6.45, 7) is 7.97. The van der Waals surface area contributed by atoms with Gasteiger partial charge in [0.05, 0.1) is 13.2 Å². The van der Waals surface area contributed by atoms with Gasteiger partial charge in [-0.05, 0) is 36.5 Å². The molecule has 0 radical (unpaired) electrons. The number of nitrogens with zero attached hydrogens (tertiary/aromatic N) is 2. The van der Waals surface area contributed by atoms with Crippen LogP contribution in [-0.2, 0) is 4.79 Å². The van der Waals surface area contributed by atoms with Gasteiger partial charge in [-0.15, -0.1) is 0 Å². The lowest BCUT2D eigenvalue weighted by Gasteiger charge is -2.21. The summed E-state index contributed by atoms with van der Waals surface area (Å²) in [7, 11) is 1.64. The van der Waals surface area contributed by atoms with Gasteiger partial charge in [0, 0.05) is 6.42 Å². The molecule has 1 aromatic heterocycles. The molecule has 0 fully saturated rings. The fraction of sp³-hybridized carbons (Fsp3) is 0.500. The van der Waals surface area contributed by atoms with Crippen LogP contribution < -0.4 is 10.1 Å². The molecule has 6 heteroatoms. The van der Waals surface area contributed by atoms with Crippen LogP contribution in [0.25, 0.3) is 0 Å². The second kappa shape index (κ2) is 7.95. The SMILES string of the molecule is COc1cccc([C@H](C)CC(=O)N[C@H](c2n[nH]c(C)n2)C(C)C)c1. The standard InChI is InChI=1S/C18H26N4O2/c1-11(2)17(18-19-13(4)21-22-18)20-16(23)9-12(3)14-7-6-8-15(10-14)24-5/h6-8,10-12,17H,9H2,1-5H3,(H,20,23)(H,19,21,22)/t12-,17+/m1/s1. The highest BCUT2D eigenvalue weighted by Crippen LogP contribution is 2.24. The Hall–Kier alpha value is -2.37. The smallest absolute Gasteiger partial charge is 0.221 e. The van der Waals surface area contributed by atoms with Gasteiger partial charge in [-0.1, -0.05) is 32.9 Å². The molecule has 24 heavy (non-hydrogen) atoms. The van der Waals surface area contributed by atoms with Crippen LogP contribution in [0.5, 0.6) is 5.75 Å². The lowest BCUT2D eigenvalue weighted by atomic mass is 9.96. The molecule has 130 valence electrons. The maximum atomic E-state index is 12.5. The summed E-state index contributed by atoms with van der Waals surface area (Å²) >= 11 is 0. The molecule has 1 aromatic carbocycles. The molecule has 0 spiro atoms. The van der Waals surface area contributed by atoms with Gasteiger partial charge in [-0.2, -0.15) is 5.10 Å². The van der Waals surface area contributed by atoms with E-state index in [2.05, 4.69) is 20.5 Å². The third-order valence-electron chi connectivity index (χ3n) is 4.03. The number of benzene rings is 1. The van der Waals surface area contributed by atoms with Gasteiger partial charge in [0.1, 0.15) is 11.6 Å². The Labute approximate surface area is 143 Å². The second-order valence-corrected chi connectivity index (χ2v) is 6.45. The highest BCUT2D eigenvalue weighted by molar-refractivity contribution is 5.77.